The second kappa shape index (κ2) is 9.34. The summed E-state index contributed by atoms with van der Waals surface area (Å²) in [5.41, 5.74) is 0.311. The zero-order valence-electron chi connectivity index (χ0n) is 17.4. The van der Waals surface area contributed by atoms with Crippen molar-refractivity contribution < 1.29 is 19.1 Å². The summed E-state index contributed by atoms with van der Waals surface area (Å²) < 4.78 is 12.1. The average Bonchev–Trinajstić information content (AvgIpc) is 3.48. The Morgan fingerprint density at radius 3 is 2.45 bits per heavy atom. The number of nitrogens with zero attached hydrogens (tertiary/aromatic N) is 2. The van der Waals surface area contributed by atoms with Crippen molar-refractivity contribution >= 4 is 33.6 Å². The van der Waals surface area contributed by atoms with Gasteiger partial charge in [0, 0.05) is 44.3 Å². The smallest absolute Gasteiger partial charge is 0.410 e. The maximum Gasteiger partial charge on any atom is 0.410 e. The largest absolute Gasteiger partial charge is 0.491 e. The number of carbonyl (C=O) groups excluding carboxylic acids is 2. The third-order valence-corrected chi connectivity index (χ3v) is 5.46. The van der Waals surface area contributed by atoms with E-state index in [1.807, 2.05) is 39.0 Å². The van der Waals surface area contributed by atoms with Crippen LogP contribution in [0.5, 0.6) is 5.75 Å². The van der Waals surface area contributed by atoms with Crippen molar-refractivity contribution in [2.24, 2.45) is 5.92 Å². The Morgan fingerprint density at radius 2 is 1.86 bits per heavy atom. The van der Waals surface area contributed by atoms with E-state index in [0.29, 0.717) is 19.7 Å². The van der Waals surface area contributed by atoms with E-state index in [9.17, 15) is 9.59 Å². The molecule has 0 bridgehead atoms. The van der Waals surface area contributed by atoms with Gasteiger partial charge in [-0.3, -0.25) is 9.69 Å². The molecule has 0 atom stereocenters. The van der Waals surface area contributed by atoms with Crippen LogP contribution in [-0.4, -0.2) is 66.7 Å². The van der Waals surface area contributed by atoms with Gasteiger partial charge in [-0.25, -0.2) is 4.79 Å². The Hall–Kier alpha value is -1.80. The van der Waals surface area contributed by atoms with Gasteiger partial charge in [0.15, 0.2) is 0 Å². The summed E-state index contributed by atoms with van der Waals surface area (Å²) in [7, 11) is 0. The van der Waals surface area contributed by atoms with Gasteiger partial charge in [-0.15, -0.1) is 0 Å². The molecule has 2 aliphatic rings. The van der Waals surface area contributed by atoms with Gasteiger partial charge in [-0.2, -0.15) is 0 Å². The number of rotatable bonds is 6. The summed E-state index contributed by atoms with van der Waals surface area (Å²) in [5.74, 6) is 1.03. The number of carbonyl (C=O) groups is 2. The van der Waals surface area contributed by atoms with Gasteiger partial charge in [-0.1, -0.05) is 0 Å². The van der Waals surface area contributed by atoms with Crippen LogP contribution in [0.15, 0.2) is 22.7 Å². The zero-order chi connectivity index (χ0) is 21.0. The molecule has 1 heterocycles. The minimum atomic E-state index is -0.467. The van der Waals surface area contributed by atoms with Gasteiger partial charge in [0.2, 0.25) is 5.91 Å². The van der Waals surface area contributed by atoms with Crippen LogP contribution >= 0.6 is 15.9 Å². The predicted octanol–water partition coefficient (Wildman–Crippen LogP) is 3.73. The molecule has 160 valence electrons. The number of benzene rings is 1. The maximum atomic E-state index is 12.1. The molecule has 29 heavy (non-hydrogen) atoms. The Bertz CT molecular complexity index is 738. The molecule has 0 radical (unpaired) electrons. The normalized spacial score (nSPS) is 17.7. The number of hydrogen-bond acceptors (Lipinski definition) is 5. The van der Waals surface area contributed by atoms with Crippen LogP contribution in [-0.2, 0) is 9.53 Å². The molecule has 1 aliphatic heterocycles. The quantitative estimate of drug-likeness (QED) is 0.689. The standard InChI is InChI=1S/C21H30BrN3O4/c1-21(2,3)29-20(27)25-10-8-24(9-11-25)12-13-28-18-7-6-16(14-17(18)22)23-19(26)15-4-5-15/h6-7,14-15H,4-5,8-13H2,1-3H3,(H,23,26). The monoisotopic (exact) mass is 467 g/mol. The van der Waals surface area contributed by atoms with Crippen LogP contribution in [0.2, 0.25) is 0 Å². The van der Waals surface area contributed by atoms with Crippen molar-refractivity contribution in [1.82, 2.24) is 9.80 Å². The molecule has 8 heteroatoms. The fraction of sp³-hybridized carbons (Fsp3) is 0.619. The van der Waals surface area contributed by atoms with Gasteiger partial charge in [0.25, 0.3) is 0 Å². The van der Waals surface area contributed by atoms with E-state index >= 15 is 0 Å². The fourth-order valence-electron chi connectivity index (χ4n) is 3.05. The van der Waals surface area contributed by atoms with Crippen LogP contribution in [0.4, 0.5) is 10.5 Å². The first-order chi connectivity index (χ1) is 13.7. The third kappa shape index (κ3) is 6.89. The van der Waals surface area contributed by atoms with E-state index in [2.05, 4.69) is 26.1 Å². The van der Waals surface area contributed by atoms with Crippen molar-refractivity contribution in [3.8, 4) is 5.75 Å². The lowest BCUT2D eigenvalue weighted by Gasteiger charge is -2.35. The summed E-state index contributed by atoms with van der Waals surface area (Å²) in [5, 5.41) is 2.93. The minimum Gasteiger partial charge on any atom is -0.491 e. The van der Waals surface area contributed by atoms with Gasteiger partial charge in [-0.05, 0) is 67.7 Å². The summed E-state index contributed by atoms with van der Waals surface area (Å²) in [4.78, 5) is 28.0. The number of nitrogens with one attached hydrogen (secondary N) is 1. The van der Waals surface area contributed by atoms with Crippen molar-refractivity contribution in [2.75, 3.05) is 44.6 Å². The molecule has 1 aliphatic carbocycles. The molecule has 0 aromatic heterocycles. The van der Waals surface area contributed by atoms with Crippen molar-refractivity contribution in [3.63, 3.8) is 0 Å². The van der Waals surface area contributed by atoms with Gasteiger partial charge in [0.05, 0.1) is 4.47 Å². The van der Waals surface area contributed by atoms with E-state index in [1.54, 1.807) is 4.90 Å². The predicted molar refractivity (Wildman–Crippen MR) is 115 cm³/mol. The number of ether oxygens (including phenoxy) is 2. The molecular formula is C21H30BrN3O4. The van der Waals surface area contributed by atoms with Gasteiger partial charge >= 0.3 is 6.09 Å². The molecule has 0 unspecified atom stereocenters. The van der Waals surface area contributed by atoms with Crippen LogP contribution in [0.3, 0.4) is 0 Å². The lowest BCUT2D eigenvalue weighted by Crippen LogP contribution is -2.50. The SMILES string of the molecule is CC(C)(C)OC(=O)N1CCN(CCOc2ccc(NC(=O)C3CC3)cc2Br)CC1. The van der Waals surface area contributed by atoms with E-state index in [1.165, 1.54) is 0 Å². The van der Waals surface area contributed by atoms with Crippen LogP contribution < -0.4 is 10.1 Å². The molecular weight excluding hydrogens is 438 g/mol. The first-order valence-corrected chi connectivity index (χ1v) is 10.9. The lowest BCUT2D eigenvalue weighted by atomic mass is 10.2. The minimum absolute atomic E-state index is 0.0936. The molecule has 1 N–H and O–H groups in total. The van der Waals surface area contributed by atoms with E-state index in [-0.39, 0.29) is 17.9 Å². The average molecular weight is 468 g/mol. The van der Waals surface area contributed by atoms with Gasteiger partial charge in [0.1, 0.15) is 18.0 Å². The molecule has 1 aromatic carbocycles. The molecule has 2 fully saturated rings. The molecule has 2 amide bonds. The maximum absolute atomic E-state index is 12.1. The Kier molecular flexibility index (Phi) is 7.05. The highest BCUT2D eigenvalue weighted by atomic mass is 79.9. The van der Waals surface area contributed by atoms with Crippen LogP contribution in [0, 0.1) is 5.92 Å². The number of piperazine rings is 1. The molecule has 1 saturated carbocycles. The summed E-state index contributed by atoms with van der Waals surface area (Å²) in [6, 6.07) is 5.60. The molecule has 7 nitrogen and oxygen atoms in total. The molecule has 1 aromatic rings. The summed E-state index contributed by atoms with van der Waals surface area (Å²) >= 11 is 3.52. The second-order valence-electron chi connectivity index (χ2n) is 8.57. The number of halogens is 1. The Labute approximate surface area is 180 Å². The van der Waals surface area contributed by atoms with Crippen LogP contribution in [0.1, 0.15) is 33.6 Å². The number of hydrogen-bond donors (Lipinski definition) is 1. The molecule has 1 saturated heterocycles. The number of anilines is 1. The summed E-state index contributed by atoms with van der Waals surface area (Å²) in [6.07, 6.45) is 1.73. The topological polar surface area (TPSA) is 71.1 Å². The first-order valence-electron chi connectivity index (χ1n) is 10.1. The van der Waals surface area contributed by atoms with Crippen molar-refractivity contribution in [3.05, 3.63) is 22.7 Å². The third-order valence-electron chi connectivity index (χ3n) is 4.84. The highest BCUT2D eigenvalue weighted by Crippen LogP contribution is 2.32. The highest BCUT2D eigenvalue weighted by Gasteiger charge is 2.29. The van der Waals surface area contributed by atoms with E-state index in [4.69, 9.17) is 9.47 Å². The van der Waals surface area contributed by atoms with Crippen molar-refractivity contribution in [2.45, 2.75) is 39.2 Å². The lowest BCUT2D eigenvalue weighted by molar-refractivity contribution is -0.117. The van der Waals surface area contributed by atoms with Crippen LogP contribution in [0.25, 0.3) is 0 Å². The Balaban J connectivity index is 1.38. The molecule has 3 rings (SSSR count). The molecule has 0 spiro atoms. The first kappa shape index (κ1) is 21.9. The fourth-order valence-corrected chi connectivity index (χ4v) is 3.54. The highest BCUT2D eigenvalue weighted by molar-refractivity contribution is 9.10. The zero-order valence-corrected chi connectivity index (χ0v) is 19.0. The van der Waals surface area contributed by atoms with E-state index < -0.39 is 5.60 Å². The van der Waals surface area contributed by atoms with E-state index in [0.717, 1.165) is 48.4 Å². The summed E-state index contributed by atoms with van der Waals surface area (Å²) in [6.45, 7) is 9.90. The second-order valence-corrected chi connectivity index (χ2v) is 9.42. The number of amides is 2. The Morgan fingerprint density at radius 1 is 1.17 bits per heavy atom. The van der Waals surface area contributed by atoms with Crippen molar-refractivity contribution in [1.29, 1.82) is 0 Å². The van der Waals surface area contributed by atoms with Gasteiger partial charge < -0.3 is 19.7 Å².